The molecule has 1 aromatic carbocycles. The van der Waals surface area contributed by atoms with E-state index < -0.39 is 17.6 Å². The summed E-state index contributed by atoms with van der Waals surface area (Å²) in [6, 6.07) is 9.31. The van der Waals surface area contributed by atoms with Gasteiger partial charge in [-0.15, -0.1) is 0 Å². The van der Waals surface area contributed by atoms with E-state index in [1.807, 2.05) is 0 Å². The highest BCUT2D eigenvalue weighted by molar-refractivity contribution is 6.12. The van der Waals surface area contributed by atoms with Crippen molar-refractivity contribution >= 4 is 23.0 Å². The topological polar surface area (TPSA) is 69.3 Å². The summed E-state index contributed by atoms with van der Waals surface area (Å²) in [5.41, 5.74) is 1.27. The SMILES string of the molecule is Cc1ncccc1N1CN(c2ccc(=O)[nH]c2C)C(=O)c2ccc(C(F)(F)F)cc21. The van der Waals surface area contributed by atoms with Crippen LogP contribution in [0.25, 0.3) is 0 Å². The van der Waals surface area contributed by atoms with Gasteiger partial charge in [0.1, 0.15) is 6.67 Å². The zero-order valence-corrected chi connectivity index (χ0v) is 16.1. The molecule has 1 amide bonds. The molecule has 0 fully saturated rings. The number of carbonyl (C=O) groups is 1. The predicted octanol–water partition coefficient (Wildman–Crippen LogP) is 4.16. The zero-order chi connectivity index (χ0) is 21.6. The first-order valence-corrected chi connectivity index (χ1v) is 9.09. The van der Waals surface area contributed by atoms with Crippen molar-refractivity contribution in [3.05, 3.63) is 81.5 Å². The third kappa shape index (κ3) is 3.32. The van der Waals surface area contributed by atoms with Crippen LogP contribution in [0.5, 0.6) is 0 Å². The van der Waals surface area contributed by atoms with E-state index in [-0.39, 0.29) is 23.5 Å². The lowest BCUT2D eigenvalue weighted by Gasteiger charge is -2.39. The van der Waals surface area contributed by atoms with Gasteiger partial charge in [-0.05, 0) is 50.2 Å². The van der Waals surface area contributed by atoms with Crippen LogP contribution < -0.4 is 15.4 Å². The van der Waals surface area contributed by atoms with E-state index in [0.29, 0.717) is 22.8 Å². The number of pyridine rings is 2. The number of aromatic nitrogens is 2. The minimum atomic E-state index is -4.54. The number of fused-ring (bicyclic) bond motifs is 1. The maximum absolute atomic E-state index is 13.3. The number of nitrogens with one attached hydrogen (secondary N) is 1. The number of aromatic amines is 1. The summed E-state index contributed by atoms with van der Waals surface area (Å²) in [5, 5.41) is 0. The molecule has 2 aromatic heterocycles. The fraction of sp³-hybridized carbons (Fsp3) is 0.190. The molecule has 154 valence electrons. The summed E-state index contributed by atoms with van der Waals surface area (Å²) in [6.07, 6.45) is -2.95. The van der Waals surface area contributed by atoms with E-state index in [2.05, 4.69) is 9.97 Å². The van der Waals surface area contributed by atoms with Crippen LogP contribution in [-0.2, 0) is 6.18 Å². The number of carbonyl (C=O) groups excluding carboxylic acids is 1. The molecule has 0 saturated heterocycles. The number of halogens is 3. The quantitative estimate of drug-likeness (QED) is 0.684. The Morgan fingerprint density at radius 2 is 1.73 bits per heavy atom. The fourth-order valence-corrected chi connectivity index (χ4v) is 3.55. The van der Waals surface area contributed by atoms with Crippen molar-refractivity contribution in [1.82, 2.24) is 9.97 Å². The minimum absolute atomic E-state index is 0.0352. The lowest BCUT2D eigenvalue weighted by molar-refractivity contribution is -0.137. The van der Waals surface area contributed by atoms with Crippen molar-refractivity contribution in [3.8, 4) is 0 Å². The molecule has 1 aliphatic heterocycles. The molecule has 30 heavy (non-hydrogen) atoms. The van der Waals surface area contributed by atoms with E-state index >= 15 is 0 Å². The van der Waals surface area contributed by atoms with Crippen molar-refractivity contribution in [2.45, 2.75) is 20.0 Å². The van der Waals surface area contributed by atoms with Crippen LogP contribution in [-0.4, -0.2) is 22.5 Å². The van der Waals surface area contributed by atoms with Gasteiger partial charge in [0.25, 0.3) is 5.91 Å². The normalized spacial score (nSPS) is 14.1. The summed E-state index contributed by atoms with van der Waals surface area (Å²) < 4.78 is 40.0. The van der Waals surface area contributed by atoms with Gasteiger partial charge in [0.05, 0.1) is 33.9 Å². The van der Waals surface area contributed by atoms with Crippen molar-refractivity contribution in [1.29, 1.82) is 0 Å². The van der Waals surface area contributed by atoms with Gasteiger partial charge in [-0.1, -0.05) is 0 Å². The second-order valence-corrected chi connectivity index (χ2v) is 6.97. The molecule has 3 aromatic rings. The first kappa shape index (κ1) is 19.7. The Morgan fingerprint density at radius 1 is 0.967 bits per heavy atom. The highest BCUT2D eigenvalue weighted by atomic mass is 19.4. The first-order chi connectivity index (χ1) is 14.2. The molecule has 3 heterocycles. The molecule has 0 spiro atoms. The van der Waals surface area contributed by atoms with E-state index in [9.17, 15) is 22.8 Å². The van der Waals surface area contributed by atoms with Gasteiger partial charge in [-0.3, -0.25) is 19.5 Å². The van der Waals surface area contributed by atoms with E-state index in [1.165, 1.54) is 23.1 Å². The van der Waals surface area contributed by atoms with E-state index in [1.54, 1.807) is 37.1 Å². The van der Waals surface area contributed by atoms with Crippen LogP contribution in [0.15, 0.2) is 53.5 Å². The largest absolute Gasteiger partial charge is 0.416 e. The summed E-state index contributed by atoms with van der Waals surface area (Å²) >= 11 is 0. The van der Waals surface area contributed by atoms with Crippen LogP contribution in [0.3, 0.4) is 0 Å². The molecule has 4 rings (SSSR count). The predicted molar refractivity (Wildman–Crippen MR) is 106 cm³/mol. The molecule has 0 unspecified atom stereocenters. The highest BCUT2D eigenvalue weighted by Crippen LogP contribution is 2.40. The summed E-state index contributed by atoms with van der Waals surface area (Å²) in [4.78, 5) is 34.7. The van der Waals surface area contributed by atoms with Crippen LogP contribution in [0, 0.1) is 13.8 Å². The molecule has 1 N–H and O–H groups in total. The van der Waals surface area contributed by atoms with Gasteiger partial charge in [0.2, 0.25) is 5.56 Å². The van der Waals surface area contributed by atoms with Crippen LogP contribution in [0.1, 0.15) is 27.3 Å². The monoisotopic (exact) mass is 414 g/mol. The number of amides is 1. The Balaban J connectivity index is 1.92. The Hall–Kier alpha value is -3.62. The summed E-state index contributed by atoms with van der Waals surface area (Å²) in [7, 11) is 0. The molecule has 0 atom stereocenters. The van der Waals surface area contributed by atoms with E-state index in [0.717, 1.165) is 12.1 Å². The van der Waals surface area contributed by atoms with Crippen molar-refractivity contribution in [3.63, 3.8) is 0 Å². The van der Waals surface area contributed by atoms with Gasteiger partial charge >= 0.3 is 6.18 Å². The first-order valence-electron chi connectivity index (χ1n) is 9.09. The summed E-state index contributed by atoms with van der Waals surface area (Å²) in [5.74, 6) is -0.452. The number of hydrogen-bond acceptors (Lipinski definition) is 4. The van der Waals surface area contributed by atoms with Crippen molar-refractivity contribution in [2.24, 2.45) is 0 Å². The lowest BCUT2D eigenvalue weighted by Crippen LogP contribution is -2.46. The van der Waals surface area contributed by atoms with Gasteiger partial charge in [0, 0.05) is 18.0 Å². The maximum Gasteiger partial charge on any atom is 0.416 e. The second-order valence-electron chi connectivity index (χ2n) is 6.97. The third-order valence-corrected chi connectivity index (χ3v) is 5.02. The number of H-pyrrole nitrogens is 1. The van der Waals surface area contributed by atoms with Crippen LogP contribution >= 0.6 is 0 Å². The third-order valence-electron chi connectivity index (χ3n) is 5.02. The molecule has 0 bridgehead atoms. The molecule has 9 heteroatoms. The molecular formula is C21H17F3N4O2. The number of anilines is 3. The van der Waals surface area contributed by atoms with Crippen LogP contribution in [0.2, 0.25) is 0 Å². The average Bonchev–Trinajstić information content (AvgIpc) is 2.69. The standard InChI is InChI=1S/C21H17F3N4O2/c1-12-16(4-3-9-25-12)27-11-28(17-7-8-19(29)26-13(17)2)20(30)15-6-5-14(10-18(15)27)21(22,23)24/h3-10H,11H2,1-2H3,(H,26,29). The number of aryl methyl sites for hydroxylation is 2. The fourth-order valence-electron chi connectivity index (χ4n) is 3.55. The highest BCUT2D eigenvalue weighted by Gasteiger charge is 2.37. The number of nitrogens with zero attached hydrogens (tertiary/aromatic N) is 3. The van der Waals surface area contributed by atoms with Gasteiger partial charge in [-0.2, -0.15) is 13.2 Å². The molecule has 6 nitrogen and oxygen atoms in total. The lowest BCUT2D eigenvalue weighted by atomic mass is 10.0. The average molecular weight is 414 g/mol. The number of rotatable bonds is 2. The van der Waals surface area contributed by atoms with Gasteiger partial charge in [-0.25, -0.2) is 0 Å². The van der Waals surface area contributed by atoms with Crippen molar-refractivity contribution in [2.75, 3.05) is 16.5 Å². The van der Waals surface area contributed by atoms with E-state index in [4.69, 9.17) is 0 Å². The second kappa shape index (κ2) is 7.01. The Bertz CT molecular complexity index is 1200. The minimum Gasteiger partial charge on any atom is -0.324 e. The van der Waals surface area contributed by atoms with Gasteiger partial charge < -0.3 is 9.88 Å². The molecular weight excluding hydrogens is 397 g/mol. The summed E-state index contributed by atoms with van der Waals surface area (Å²) in [6.45, 7) is 3.37. The number of benzene rings is 1. The Kier molecular flexibility index (Phi) is 4.60. The number of hydrogen-bond donors (Lipinski definition) is 1. The molecule has 0 aliphatic carbocycles. The van der Waals surface area contributed by atoms with Crippen LogP contribution in [0.4, 0.5) is 30.2 Å². The molecule has 1 aliphatic rings. The maximum atomic E-state index is 13.3. The van der Waals surface area contributed by atoms with Crippen molar-refractivity contribution < 1.29 is 18.0 Å². The zero-order valence-electron chi connectivity index (χ0n) is 16.1. The Morgan fingerprint density at radius 3 is 2.40 bits per heavy atom. The Labute approximate surface area is 169 Å². The smallest absolute Gasteiger partial charge is 0.324 e. The molecule has 0 radical (unpaired) electrons. The van der Waals surface area contributed by atoms with Gasteiger partial charge in [0.15, 0.2) is 0 Å². The molecule has 0 saturated carbocycles. The number of alkyl halides is 3.